The standard InChI is InChI=1S/C22H25NO5S.C19H19F2NO2.C17H17ClN2O/c1-15(2)29(25,26)19-6-3-16(4-7-19)11-22(24)23-10-9-18(13-23)17-5-8-20-21(12-17)28-14-27-20;1-24-18-8-3-2-5-14(18)13-9-10-22(12-13)19(23)11-15-16(20)6-4-7-17(15)21;18-15-6-2-1-5-13(15)11-17(21)20-10-8-14(12-20)16-7-3-4-9-19-16/h3-8,12,15,18H,9-11,13-14H2,1-2H3;2-8,13H,9-12H2,1H3;1-7,9,14H,8,10-12H2. The van der Waals surface area contributed by atoms with Crippen LogP contribution in [0.4, 0.5) is 8.78 Å². The number of fused-ring (bicyclic) bond motifs is 1. The molecule has 0 aliphatic carbocycles. The van der Waals surface area contributed by atoms with Crippen molar-refractivity contribution in [3.8, 4) is 17.2 Å². The maximum atomic E-state index is 13.7. The second-order valence-corrected chi connectivity index (χ2v) is 22.1. The normalized spacial score (nSPS) is 17.9. The van der Waals surface area contributed by atoms with Crippen molar-refractivity contribution < 1.29 is 45.8 Å². The van der Waals surface area contributed by atoms with Gasteiger partial charge in [0.2, 0.25) is 24.5 Å². The number of nitrogens with zero attached hydrogens (tertiary/aromatic N) is 4. The van der Waals surface area contributed by atoms with Gasteiger partial charge >= 0.3 is 0 Å². The lowest BCUT2D eigenvalue weighted by Crippen LogP contribution is -2.30. The first-order valence-electron chi connectivity index (χ1n) is 24.9. The van der Waals surface area contributed by atoms with Gasteiger partial charge in [-0.25, -0.2) is 17.2 Å². The van der Waals surface area contributed by atoms with Crippen LogP contribution in [0.3, 0.4) is 0 Å². The van der Waals surface area contributed by atoms with Gasteiger partial charge in [0.15, 0.2) is 21.3 Å². The zero-order valence-corrected chi connectivity index (χ0v) is 43.4. The lowest BCUT2D eigenvalue weighted by molar-refractivity contribution is -0.130. The van der Waals surface area contributed by atoms with Crippen molar-refractivity contribution >= 4 is 39.2 Å². The number of hydrogen-bond donors (Lipinski definition) is 0. The van der Waals surface area contributed by atoms with Crippen LogP contribution in [-0.4, -0.2) is 104 Å². The van der Waals surface area contributed by atoms with E-state index in [9.17, 15) is 31.6 Å². The van der Waals surface area contributed by atoms with Crippen molar-refractivity contribution in [2.45, 2.75) is 80.3 Å². The Morgan fingerprint density at radius 1 is 0.676 bits per heavy atom. The van der Waals surface area contributed by atoms with Crippen LogP contribution < -0.4 is 14.2 Å². The van der Waals surface area contributed by atoms with Crippen LogP contribution in [0.2, 0.25) is 5.02 Å². The fraction of sp³-hybridized carbons (Fsp3) is 0.345. The summed E-state index contributed by atoms with van der Waals surface area (Å²) < 4.78 is 68.1. The topological polar surface area (TPSA) is 136 Å². The number of para-hydroxylation sites is 1. The molecular weight excluding hydrogens is 986 g/mol. The minimum Gasteiger partial charge on any atom is -0.496 e. The van der Waals surface area contributed by atoms with E-state index in [1.54, 1.807) is 50.1 Å². The van der Waals surface area contributed by atoms with Crippen LogP contribution in [0.5, 0.6) is 17.2 Å². The highest BCUT2D eigenvalue weighted by atomic mass is 35.5. The van der Waals surface area contributed by atoms with E-state index in [2.05, 4.69) is 4.98 Å². The molecular formula is C58H61ClF2N4O8S. The van der Waals surface area contributed by atoms with Crippen LogP contribution >= 0.6 is 11.6 Å². The van der Waals surface area contributed by atoms with Gasteiger partial charge in [-0.2, -0.15) is 0 Å². The Labute approximate surface area is 437 Å². The van der Waals surface area contributed by atoms with E-state index in [-0.39, 0.29) is 54.8 Å². The van der Waals surface area contributed by atoms with E-state index in [0.29, 0.717) is 41.9 Å². The number of sulfone groups is 1. The third kappa shape index (κ3) is 13.1. The monoisotopic (exact) mass is 1050 g/mol. The number of aromatic nitrogens is 1. The molecule has 0 saturated carbocycles. The molecule has 16 heteroatoms. The Morgan fingerprint density at radius 2 is 1.27 bits per heavy atom. The molecule has 3 unspecified atom stereocenters. The molecule has 0 N–H and O–H groups in total. The van der Waals surface area contributed by atoms with E-state index in [1.165, 1.54) is 18.2 Å². The number of halogens is 3. The average molecular weight is 1050 g/mol. The number of amides is 3. The first-order chi connectivity index (χ1) is 35.7. The van der Waals surface area contributed by atoms with Crippen molar-refractivity contribution in [2.75, 3.05) is 53.2 Å². The lowest BCUT2D eigenvalue weighted by Gasteiger charge is -2.18. The highest BCUT2D eigenvalue weighted by Gasteiger charge is 2.32. The third-order valence-electron chi connectivity index (χ3n) is 14.1. The summed E-state index contributed by atoms with van der Waals surface area (Å²) in [6.07, 6.45) is 4.90. The number of rotatable bonds is 12. The number of benzene rings is 5. The summed E-state index contributed by atoms with van der Waals surface area (Å²) in [7, 11) is -1.67. The molecule has 3 atom stereocenters. The van der Waals surface area contributed by atoms with Gasteiger partial charge in [-0.3, -0.25) is 19.4 Å². The van der Waals surface area contributed by atoms with Gasteiger partial charge in [0.25, 0.3) is 0 Å². The molecule has 5 heterocycles. The van der Waals surface area contributed by atoms with E-state index >= 15 is 0 Å². The van der Waals surface area contributed by atoms with Crippen molar-refractivity contribution in [1.29, 1.82) is 0 Å². The van der Waals surface area contributed by atoms with Gasteiger partial charge in [0, 0.05) is 79.5 Å². The molecule has 3 amide bonds. The van der Waals surface area contributed by atoms with Gasteiger partial charge in [0.1, 0.15) is 17.4 Å². The maximum Gasteiger partial charge on any atom is 0.231 e. The minimum atomic E-state index is -3.29. The molecule has 10 rings (SSSR count). The fourth-order valence-corrected chi connectivity index (χ4v) is 11.0. The molecule has 12 nitrogen and oxygen atoms in total. The van der Waals surface area contributed by atoms with Crippen LogP contribution in [0.1, 0.15) is 84.4 Å². The zero-order valence-electron chi connectivity index (χ0n) is 41.8. The number of ether oxygens (including phenoxy) is 3. The summed E-state index contributed by atoms with van der Waals surface area (Å²) in [5.74, 6) is 1.74. The van der Waals surface area contributed by atoms with Gasteiger partial charge in [-0.1, -0.05) is 78.3 Å². The number of carbonyl (C=O) groups excluding carboxylic acids is 3. The summed E-state index contributed by atoms with van der Waals surface area (Å²) in [6.45, 7) is 7.65. The second-order valence-electron chi connectivity index (χ2n) is 19.1. The summed E-state index contributed by atoms with van der Waals surface area (Å²) in [5, 5.41) is 0.194. The molecule has 0 spiro atoms. The Morgan fingerprint density at radius 3 is 1.95 bits per heavy atom. The number of carbonyl (C=O) groups is 3. The molecule has 388 valence electrons. The maximum absolute atomic E-state index is 13.7. The van der Waals surface area contributed by atoms with Crippen LogP contribution in [0, 0.1) is 11.6 Å². The molecule has 3 fully saturated rings. The largest absolute Gasteiger partial charge is 0.496 e. The van der Waals surface area contributed by atoms with Gasteiger partial charge < -0.3 is 28.9 Å². The number of pyridine rings is 1. The average Bonchev–Trinajstić information content (AvgIpc) is 4.27. The smallest absolute Gasteiger partial charge is 0.231 e. The minimum absolute atomic E-state index is 0.0627. The molecule has 3 saturated heterocycles. The van der Waals surface area contributed by atoms with Crippen LogP contribution in [0.15, 0.2) is 138 Å². The summed E-state index contributed by atoms with van der Waals surface area (Å²) in [5.41, 5.74) is 4.85. The molecule has 0 radical (unpaired) electrons. The van der Waals surface area contributed by atoms with Gasteiger partial charge in [-0.15, -0.1) is 0 Å². The molecule has 1 aromatic heterocycles. The molecule has 74 heavy (non-hydrogen) atoms. The Balaban J connectivity index is 0.000000150. The van der Waals surface area contributed by atoms with Crippen molar-refractivity contribution in [2.24, 2.45) is 0 Å². The predicted octanol–water partition coefficient (Wildman–Crippen LogP) is 9.98. The molecule has 4 aliphatic rings. The quantitative estimate of drug-likeness (QED) is 0.117. The third-order valence-corrected chi connectivity index (χ3v) is 16.6. The second kappa shape index (κ2) is 24.5. The summed E-state index contributed by atoms with van der Waals surface area (Å²) in [4.78, 5) is 47.7. The Kier molecular flexibility index (Phi) is 17.7. The summed E-state index contributed by atoms with van der Waals surface area (Å²) >= 11 is 6.12. The molecule has 5 aromatic carbocycles. The van der Waals surface area contributed by atoms with E-state index in [1.807, 2.05) is 101 Å². The van der Waals surface area contributed by atoms with Crippen LogP contribution in [0.25, 0.3) is 0 Å². The van der Waals surface area contributed by atoms with E-state index < -0.39 is 26.7 Å². The van der Waals surface area contributed by atoms with Crippen LogP contribution in [-0.2, 0) is 43.5 Å². The van der Waals surface area contributed by atoms with Crippen molar-refractivity contribution in [3.05, 3.63) is 184 Å². The van der Waals surface area contributed by atoms with Crippen molar-refractivity contribution in [1.82, 2.24) is 19.7 Å². The lowest BCUT2D eigenvalue weighted by atomic mass is 9.97. The predicted molar refractivity (Wildman–Crippen MR) is 279 cm³/mol. The van der Waals surface area contributed by atoms with E-state index in [0.717, 1.165) is 84.1 Å². The first kappa shape index (κ1) is 53.5. The summed E-state index contributed by atoms with van der Waals surface area (Å²) in [6, 6.07) is 37.5. The zero-order chi connectivity index (χ0) is 52.4. The number of hydrogen-bond acceptors (Lipinski definition) is 9. The molecule has 6 aromatic rings. The number of likely N-dealkylation sites (tertiary alicyclic amines) is 3. The highest BCUT2D eigenvalue weighted by Crippen LogP contribution is 2.38. The molecule has 0 bridgehead atoms. The Hall–Kier alpha value is -6.84. The first-order valence-corrected chi connectivity index (χ1v) is 26.9. The van der Waals surface area contributed by atoms with Crippen molar-refractivity contribution in [3.63, 3.8) is 0 Å². The van der Waals surface area contributed by atoms with Gasteiger partial charge in [-0.05, 0) is 116 Å². The Bertz CT molecular complexity index is 3020. The SMILES string of the molecule is CC(C)S(=O)(=O)c1ccc(CC(=O)N2CCC(c3ccc4c(c3)OCO4)C2)cc1.COc1ccccc1C1CCN(C(=O)Cc2c(F)cccc2F)C1.O=C(Cc1ccccc1Cl)N1CCC(c2ccccn2)C1. The van der Waals surface area contributed by atoms with E-state index in [4.69, 9.17) is 25.8 Å². The highest BCUT2D eigenvalue weighted by molar-refractivity contribution is 7.92. The number of methoxy groups -OCH3 is 1. The van der Waals surface area contributed by atoms with Gasteiger partial charge in [0.05, 0.1) is 36.5 Å². The molecule has 4 aliphatic heterocycles. The fourth-order valence-electron chi connectivity index (χ4n) is 9.75.